The van der Waals surface area contributed by atoms with Crippen molar-refractivity contribution in [2.24, 2.45) is 4.99 Å². The minimum absolute atomic E-state index is 0.558. The third-order valence-electron chi connectivity index (χ3n) is 3.69. The molecule has 2 aliphatic rings. The van der Waals surface area contributed by atoms with Gasteiger partial charge in [-0.3, -0.25) is 4.99 Å². The highest BCUT2D eigenvalue weighted by atomic mass is 16.4. The molecule has 0 bridgehead atoms. The van der Waals surface area contributed by atoms with E-state index in [0.29, 0.717) is 12.2 Å². The first-order valence-electron chi connectivity index (χ1n) is 8.02. The summed E-state index contributed by atoms with van der Waals surface area (Å²) >= 11 is 0. The molecule has 6 nitrogen and oxygen atoms in total. The number of likely N-dealkylation sites (tertiary alicyclic amines) is 1. The summed E-state index contributed by atoms with van der Waals surface area (Å²) in [5.74, 6) is -1.09. The van der Waals surface area contributed by atoms with E-state index in [4.69, 9.17) is 15.2 Å². The van der Waals surface area contributed by atoms with Crippen LogP contribution >= 0.6 is 0 Å². The molecule has 0 aromatic carbocycles. The van der Waals surface area contributed by atoms with Gasteiger partial charge in [0.25, 0.3) is 0 Å². The number of aliphatic carboxylic acids is 2. The maximum atomic E-state index is 9.55. The van der Waals surface area contributed by atoms with Crippen molar-refractivity contribution < 1.29 is 19.8 Å². The highest BCUT2D eigenvalue weighted by molar-refractivity contribution is 5.89. The molecule has 0 atom stereocenters. The van der Waals surface area contributed by atoms with Crippen LogP contribution < -0.4 is 0 Å². The van der Waals surface area contributed by atoms with E-state index in [1.165, 1.54) is 70.3 Å². The summed E-state index contributed by atoms with van der Waals surface area (Å²) in [7, 11) is 0. The van der Waals surface area contributed by atoms with Crippen molar-refractivity contribution in [1.29, 1.82) is 0 Å². The Morgan fingerprint density at radius 3 is 1.95 bits per heavy atom. The van der Waals surface area contributed by atoms with Gasteiger partial charge in [0.15, 0.2) is 0 Å². The van der Waals surface area contributed by atoms with Crippen LogP contribution in [0.25, 0.3) is 0 Å². The molecular weight excluding hydrogens is 284 g/mol. The number of carboxylic acid groups (broad SMARTS) is 2. The fraction of sp³-hybridized carbons (Fsp3) is 0.688. The Labute approximate surface area is 131 Å². The lowest BCUT2D eigenvalue weighted by Crippen LogP contribution is -2.31. The third kappa shape index (κ3) is 8.44. The zero-order valence-electron chi connectivity index (χ0n) is 13.0. The SMILES string of the molecule is C1CCN=C(N2CCCCCC2)CC1.O=C(O)/C=C/C(=O)O. The maximum absolute atomic E-state index is 9.55. The van der Waals surface area contributed by atoms with Gasteiger partial charge in [0, 0.05) is 38.2 Å². The molecule has 2 rings (SSSR count). The molecule has 22 heavy (non-hydrogen) atoms. The zero-order valence-corrected chi connectivity index (χ0v) is 13.0. The Kier molecular flexibility index (Phi) is 8.95. The Balaban J connectivity index is 0.000000261. The molecule has 0 aliphatic carbocycles. The molecule has 0 amide bonds. The summed E-state index contributed by atoms with van der Waals surface area (Å²) in [6.07, 6.45) is 12.0. The number of nitrogens with zero attached hydrogens (tertiary/aromatic N) is 2. The Hall–Kier alpha value is -1.85. The first-order valence-corrected chi connectivity index (χ1v) is 8.02. The summed E-state index contributed by atoms with van der Waals surface area (Å²) in [5, 5.41) is 15.6. The topological polar surface area (TPSA) is 90.2 Å². The second-order valence-electron chi connectivity index (χ2n) is 5.52. The van der Waals surface area contributed by atoms with E-state index in [0.717, 1.165) is 6.54 Å². The van der Waals surface area contributed by atoms with Gasteiger partial charge < -0.3 is 15.1 Å². The van der Waals surface area contributed by atoms with Gasteiger partial charge in [-0.05, 0) is 25.7 Å². The standard InChI is InChI=1S/C12H22N2.C4H4O4/c1-2-7-11-14(10-6-1)12-8-4-3-5-9-13-12;5-3(6)1-2-4(7)8/h1-11H2;1-2H,(H,5,6)(H,7,8)/b;2-1+. The molecule has 2 N–H and O–H groups in total. The van der Waals surface area contributed by atoms with Crippen LogP contribution in [0, 0.1) is 0 Å². The number of carbonyl (C=O) groups is 2. The fourth-order valence-electron chi connectivity index (χ4n) is 2.59. The van der Waals surface area contributed by atoms with E-state index in [9.17, 15) is 9.59 Å². The molecule has 1 fully saturated rings. The number of carboxylic acids is 2. The second kappa shape index (κ2) is 10.8. The van der Waals surface area contributed by atoms with E-state index in [-0.39, 0.29) is 0 Å². The van der Waals surface area contributed by atoms with Gasteiger partial charge in [-0.15, -0.1) is 0 Å². The normalized spacial score (nSPS) is 19.5. The van der Waals surface area contributed by atoms with Crippen LogP contribution in [0.5, 0.6) is 0 Å². The van der Waals surface area contributed by atoms with Gasteiger partial charge in [0.2, 0.25) is 0 Å². The Morgan fingerprint density at radius 1 is 0.864 bits per heavy atom. The van der Waals surface area contributed by atoms with Crippen molar-refractivity contribution in [2.45, 2.75) is 51.4 Å². The number of hydrogen-bond donors (Lipinski definition) is 2. The first kappa shape index (κ1) is 18.2. The summed E-state index contributed by atoms with van der Waals surface area (Å²) in [5.41, 5.74) is 0. The number of amidine groups is 1. The Morgan fingerprint density at radius 2 is 1.41 bits per heavy atom. The smallest absolute Gasteiger partial charge is 0.328 e. The molecule has 2 aliphatic heterocycles. The molecule has 1 saturated heterocycles. The van der Waals surface area contributed by atoms with Crippen LogP contribution in [0.4, 0.5) is 0 Å². The third-order valence-corrected chi connectivity index (χ3v) is 3.69. The molecule has 0 saturated carbocycles. The largest absolute Gasteiger partial charge is 0.478 e. The molecule has 0 aromatic heterocycles. The molecule has 6 heteroatoms. The van der Waals surface area contributed by atoms with Crippen LogP contribution in [-0.2, 0) is 9.59 Å². The Bertz CT molecular complexity index is 394. The lowest BCUT2D eigenvalue weighted by molar-refractivity contribution is -0.134. The lowest BCUT2D eigenvalue weighted by Gasteiger charge is -2.23. The first-order chi connectivity index (χ1) is 10.6. The second-order valence-corrected chi connectivity index (χ2v) is 5.52. The molecule has 124 valence electrons. The minimum atomic E-state index is -1.26. The highest BCUT2D eigenvalue weighted by Crippen LogP contribution is 2.15. The van der Waals surface area contributed by atoms with Crippen LogP contribution in [-0.4, -0.2) is 52.5 Å². The van der Waals surface area contributed by atoms with Gasteiger partial charge >= 0.3 is 11.9 Å². The van der Waals surface area contributed by atoms with E-state index < -0.39 is 11.9 Å². The van der Waals surface area contributed by atoms with E-state index in [1.807, 2.05) is 0 Å². The van der Waals surface area contributed by atoms with Crippen molar-refractivity contribution in [1.82, 2.24) is 4.90 Å². The number of hydrogen-bond acceptors (Lipinski definition) is 4. The lowest BCUT2D eigenvalue weighted by atomic mass is 10.2. The van der Waals surface area contributed by atoms with Crippen molar-refractivity contribution in [2.75, 3.05) is 19.6 Å². The van der Waals surface area contributed by atoms with Crippen LogP contribution in [0.2, 0.25) is 0 Å². The molecule has 0 unspecified atom stereocenters. The van der Waals surface area contributed by atoms with Crippen molar-refractivity contribution in [3.05, 3.63) is 12.2 Å². The van der Waals surface area contributed by atoms with Gasteiger partial charge in [-0.25, -0.2) is 9.59 Å². The van der Waals surface area contributed by atoms with Gasteiger partial charge in [0.1, 0.15) is 0 Å². The predicted octanol–water partition coefficient (Wildman–Crippen LogP) is 2.55. The van der Waals surface area contributed by atoms with E-state index in [2.05, 4.69) is 4.90 Å². The summed E-state index contributed by atoms with van der Waals surface area (Å²) < 4.78 is 0. The summed E-state index contributed by atoms with van der Waals surface area (Å²) in [6.45, 7) is 3.60. The molecule has 2 heterocycles. The zero-order chi connectivity index (χ0) is 16.2. The summed E-state index contributed by atoms with van der Waals surface area (Å²) in [4.78, 5) is 26.4. The predicted molar refractivity (Wildman–Crippen MR) is 85.2 cm³/mol. The van der Waals surface area contributed by atoms with Crippen molar-refractivity contribution in [3.63, 3.8) is 0 Å². The van der Waals surface area contributed by atoms with Crippen molar-refractivity contribution in [3.8, 4) is 0 Å². The van der Waals surface area contributed by atoms with Crippen LogP contribution in [0.3, 0.4) is 0 Å². The molecule has 0 radical (unpaired) electrons. The summed E-state index contributed by atoms with van der Waals surface area (Å²) in [6, 6.07) is 0. The highest BCUT2D eigenvalue weighted by Gasteiger charge is 2.14. The van der Waals surface area contributed by atoms with E-state index in [1.54, 1.807) is 0 Å². The minimum Gasteiger partial charge on any atom is -0.478 e. The molecular formula is C16H26N2O4. The maximum Gasteiger partial charge on any atom is 0.328 e. The van der Waals surface area contributed by atoms with Gasteiger partial charge in [-0.1, -0.05) is 19.3 Å². The monoisotopic (exact) mass is 310 g/mol. The van der Waals surface area contributed by atoms with Gasteiger partial charge in [-0.2, -0.15) is 0 Å². The average Bonchev–Trinajstić information content (AvgIpc) is 2.90. The number of aliphatic imine (C=N–C) groups is 1. The molecule has 0 spiro atoms. The molecule has 0 aromatic rings. The van der Waals surface area contributed by atoms with Crippen LogP contribution in [0.15, 0.2) is 17.1 Å². The average molecular weight is 310 g/mol. The number of rotatable bonds is 2. The quantitative estimate of drug-likeness (QED) is 0.765. The van der Waals surface area contributed by atoms with E-state index >= 15 is 0 Å². The fourth-order valence-corrected chi connectivity index (χ4v) is 2.59. The van der Waals surface area contributed by atoms with Crippen LogP contribution in [0.1, 0.15) is 51.4 Å². The van der Waals surface area contributed by atoms with Crippen molar-refractivity contribution >= 4 is 17.8 Å². The van der Waals surface area contributed by atoms with Gasteiger partial charge in [0.05, 0.1) is 5.84 Å².